The number of aryl methyl sites for hydroxylation is 1. The average Bonchev–Trinajstić information content (AvgIpc) is 2.77. The first-order valence-corrected chi connectivity index (χ1v) is 8.05. The molecule has 0 radical (unpaired) electrons. The Balaban J connectivity index is 2.66. The number of hydrogen-bond acceptors (Lipinski definition) is 3. The molecule has 0 aromatic carbocycles. The Morgan fingerprint density at radius 3 is 2.84 bits per heavy atom. The highest BCUT2D eigenvalue weighted by molar-refractivity contribution is 9.10. The highest BCUT2D eigenvalue weighted by atomic mass is 79.9. The van der Waals surface area contributed by atoms with Crippen molar-refractivity contribution < 1.29 is 0 Å². The molecule has 0 amide bonds. The molecule has 2 aromatic rings. The lowest BCUT2D eigenvalue weighted by molar-refractivity contribution is 1.04. The van der Waals surface area contributed by atoms with Gasteiger partial charge >= 0.3 is 0 Å². The summed E-state index contributed by atoms with van der Waals surface area (Å²) in [6.45, 7) is 2.12. The number of hydrogen-bond donors (Lipinski definition) is 0. The molecule has 6 heteroatoms. The van der Waals surface area contributed by atoms with E-state index in [9.17, 15) is 0 Å². The SMILES string of the molecule is CCc1nc2ccc(Br)cn2c1N(C)/C(=N/C)SC. The summed E-state index contributed by atoms with van der Waals surface area (Å²) in [5.41, 5.74) is 2.04. The van der Waals surface area contributed by atoms with Crippen LogP contribution < -0.4 is 4.90 Å². The van der Waals surface area contributed by atoms with Gasteiger partial charge in [0, 0.05) is 24.8 Å². The van der Waals surface area contributed by atoms with Crippen LogP contribution in [0.5, 0.6) is 0 Å². The van der Waals surface area contributed by atoms with E-state index in [-0.39, 0.29) is 0 Å². The summed E-state index contributed by atoms with van der Waals surface area (Å²) in [6.07, 6.45) is 4.97. The summed E-state index contributed by atoms with van der Waals surface area (Å²) < 4.78 is 3.14. The van der Waals surface area contributed by atoms with Gasteiger partial charge in [0.2, 0.25) is 0 Å². The summed E-state index contributed by atoms with van der Waals surface area (Å²) in [6, 6.07) is 4.03. The van der Waals surface area contributed by atoms with Gasteiger partial charge in [0.05, 0.1) is 5.69 Å². The lowest BCUT2D eigenvalue weighted by Crippen LogP contribution is -2.25. The van der Waals surface area contributed by atoms with Gasteiger partial charge < -0.3 is 4.90 Å². The minimum absolute atomic E-state index is 0.893. The average molecular weight is 341 g/mol. The summed E-state index contributed by atoms with van der Waals surface area (Å²) in [4.78, 5) is 11.1. The number of nitrogens with zero attached hydrogens (tertiary/aromatic N) is 4. The molecule has 2 heterocycles. The molecule has 0 spiro atoms. The molecule has 2 rings (SSSR count). The van der Waals surface area contributed by atoms with E-state index in [1.54, 1.807) is 11.8 Å². The van der Waals surface area contributed by atoms with Gasteiger partial charge in [0.15, 0.2) is 5.17 Å². The minimum atomic E-state index is 0.893. The molecule has 2 aromatic heterocycles. The quantitative estimate of drug-likeness (QED) is 0.620. The molecule has 0 fully saturated rings. The third-order valence-electron chi connectivity index (χ3n) is 2.94. The summed E-state index contributed by atoms with van der Waals surface area (Å²) in [5, 5.41) is 0.969. The van der Waals surface area contributed by atoms with Crippen molar-refractivity contribution >= 4 is 44.3 Å². The van der Waals surface area contributed by atoms with Gasteiger partial charge in [0.1, 0.15) is 11.5 Å². The van der Waals surface area contributed by atoms with Crippen LogP contribution in [0.15, 0.2) is 27.8 Å². The minimum Gasteiger partial charge on any atom is -0.308 e. The number of amidine groups is 1. The maximum Gasteiger partial charge on any atom is 0.164 e. The van der Waals surface area contributed by atoms with Gasteiger partial charge in [-0.3, -0.25) is 9.39 Å². The number of thioether (sulfide) groups is 1. The van der Waals surface area contributed by atoms with Crippen molar-refractivity contribution in [2.45, 2.75) is 13.3 Å². The Kier molecular flexibility index (Phi) is 4.52. The van der Waals surface area contributed by atoms with Crippen molar-refractivity contribution in [1.82, 2.24) is 9.38 Å². The molecular formula is C13H17BrN4S. The van der Waals surface area contributed by atoms with Crippen LogP contribution in [0.1, 0.15) is 12.6 Å². The molecule has 0 atom stereocenters. The van der Waals surface area contributed by atoms with Crippen LogP contribution in [0.25, 0.3) is 5.65 Å². The molecule has 0 aliphatic rings. The second-order valence-electron chi connectivity index (χ2n) is 4.08. The van der Waals surface area contributed by atoms with E-state index in [1.165, 1.54) is 0 Å². The first-order valence-electron chi connectivity index (χ1n) is 6.03. The molecule has 0 saturated heterocycles. The Morgan fingerprint density at radius 1 is 1.53 bits per heavy atom. The summed E-state index contributed by atoms with van der Waals surface area (Å²) in [5.74, 6) is 1.08. The number of aliphatic imine (C=N–C) groups is 1. The second kappa shape index (κ2) is 5.96. The molecule has 102 valence electrons. The van der Waals surface area contributed by atoms with Gasteiger partial charge in [-0.15, -0.1) is 0 Å². The number of fused-ring (bicyclic) bond motifs is 1. The first-order chi connectivity index (χ1) is 9.12. The highest BCUT2D eigenvalue weighted by Gasteiger charge is 2.18. The van der Waals surface area contributed by atoms with Gasteiger partial charge in [-0.1, -0.05) is 18.7 Å². The summed E-state index contributed by atoms with van der Waals surface area (Å²) >= 11 is 5.15. The Morgan fingerprint density at radius 2 is 2.26 bits per heavy atom. The lowest BCUT2D eigenvalue weighted by atomic mass is 10.3. The number of rotatable bonds is 2. The van der Waals surface area contributed by atoms with Crippen molar-refractivity contribution in [2.24, 2.45) is 4.99 Å². The lowest BCUT2D eigenvalue weighted by Gasteiger charge is -2.20. The zero-order chi connectivity index (χ0) is 14.0. The molecular weight excluding hydrogens is 324 g/mol. The van der Waals surface area contributed by atoms with Crippen LogP contribution in [-0.4, -0.2) is 34.9 Å². The van der Waals surface area contributed by atoms with Gasteiger partial charge in [-0.25, -0.2) is 4.98 Å². The number of halogens is 1. The predicted molar refractivity (Wildman–Crippen MR) is 87.5 cm³/mol. The Bertz CT molecular complexity index is 620. The Labute approximate surface area is 126 Å². The fourth-order valence-corrected chi connectivity index (χ4v) is 3.00. The molecule has 0 unspecified atom stereocenters. The zero-order valence-electron chi connectivity index (χ0n) is 11.5. The summed E-state index contributed by atoms with van der Waals surface area (Å²) in [7, 11) is 3.84. The maximum absolute atomic E-state index is 4.68. The molecule has 0 aliphatic heterocycles. The van der Waals surface area contributed by atoms with Crippen molar-refractivity contribution in [3.05, 3.63) is 28.5 Å². The van der Waals surface area contributed by atoms with E-state index in [2.05, 4.69) is 42.1 Å². The van der Waals surface area contributed by atoms with Crippen LogP contribution in [0.4, 0.5) is 5.82 Å². The maximum atomic E-state index is 4.68. The van der Waals surface area contributed by atoms with E-state index < -0.39 is 0 Å². The largest absolute Gasteiger partial charge is 0.308 e. The first kappa shape index (κ1) is 14.4. The third-order valence-corrected chi connectivity index (χ3v) is 4.23. The third kappa shape index (κ3) is 2.65. The van der Waals surface area contributed by atoms with Gasteiger partial charge in [-0.2, -0.15) is 0 Å². The van der Waals surface area contributed by atoms with Gasteiger partial charge in [-0.05, 0) is 40.7 Å². The molecule has 0 bridgehead atoms. The zero-order valence-corrected chi connectivity index (χ0v) is 13.9. The fraction of sp³-hybridized carbons (Fsp3) is 0.385. The molecule has 0 saturated carbocycles. The normalized spacial score (nSPS) is 12.2. The molecule has 0 aliphatic carbocycles. The smallest absolute Gasteiger partial charge is 0.164 e. The van der Waals surface area contributed by atoms with Crippen molar-refractivity contribution in [1.29, 1.82) is 0 Å². The van der Waals surface area contributed by atoms with Crippen molar-refractivity contribution in [2.75, 3.05) is 25.3 Å². The van der Waals surface area contributed by atoms with E-state index in [4.69, 9.17) is 0 Å². The monoisotopic (exact) mass is 340 g/mol. The van der Waals surface area contributed by atoms with E-state index >= 15 is 0 Å². The second-order valence-corrected chi connectivity index (χ2v) is 5.77. The number of anilines is 1. The van der Waals surface area contributed by atoms with Gasteiger partial charge in [0.25, 0.3) is 0 Å². The van der Waals surface area contributed by atoms with E-state index in [0.29, 0.717) is 0 Å². The fourth-order valence-electron chi connectivity index (χ4n) is 2.12. The molecule has 0 N–H and O–H groups in total. The standard InChI is InChI=1S/C13H17BrN4S/c1-5-10-12(17(3)13(15-2)19-4)18-8-9(14)6-7-11(18)16-10/h6-8H,5H2,1-4H3/b15-13-. The van der Waals surface area contributed by atoms with Crippen LogP contribution in [0.3, 0.4) is 0 Å². The van der Waals surface area contributed by atoms with Crippen LogP contribution in [-0.2, 0) is 6.42 Å². The highest BCUT2D eigenvalue weighted by Crippen LogP contribution is 2.26. The van der Waals surface area contributed by atoms with E-state index in [0.717, 1.165) is 33.2 Å². The topological polar surface area (TPSA) is 32.9 Å². The number of pyridine rings is 1. The van der Waals surface area contributed by atoms with Crippen LogP contribution in [0, 0.1) is 0 Å². The van der Waals surface area contributed by atoms with Crippen LogP contribution in [0.2, 0.25) is 0 Å². The van der Waals surface area contributed by atoms with Crippen molar-refractivity contribution in [3.63, 3.8) is 0 Å². The van der Waals surface area contributed by atoms with E-state index in [1.807, 2.05) is 38.7 Å². The molecule has 4 nitrogen and oxygen atoms in total. The number of imidazole rings is 1. The predicted octanol–water partition coefficient (Wildman–Crippen LogP) is 3.44. The Hall–Kier alpha value is -1.01. The van der Waals surface area contributed by atoms with Crippen LogP contribution >= 0.6 is 27.7 Å². The van der Waals surface area contributed by atoms with Crippen molar-refractivity contribution in [3.8, 4) is 0 Å². The number of aromatic nitrogens is 2. The molecule has 19 heavy (non-hydrogen) atoms.